The van der Waals surface area contributed by atoms with E-state index in [1.807, 2.05) is 43.7 Å². The first kappa shape index (κ1) is 60.3. The molecule has 0 bridgehead atoms. The predicted molar refractivity (Wildman–Crippen MR) is 402 cm³/mol. The van der Waals surface area contributed by atoms with Gasteiger partial charge >= 0.3 is 0 Å². The van der Waals surface area contributed by atoms with Crippen molar-refractivity contribution in [2.24, 2.45) is 23.9 Å². The first-order valence-electron chi connectivity index (χ1n) is 33.3. The normalized spacial score (nSPS) is 19.3. The summed E-state index contributed by atoms with van der Waals surface area (Å²) in [4.78, 5) is 33.6. The second-order valence-corrected chi connectivity index (χ2v) is 28.6. The summed E-state index contributed by atoms with van der Waals surface area (Å²) in [6.07, 6.45) is 40.7. The number of aliphatic hydroxyl groups is 1. The molecule has 10 nitrogen and oxygen atoms in total. The second kappa shape index (κ2) is 25.6. The molecule has 0 saturated carbocycles. The average Bonchev–Trinajstić information content (AvgIpc) is 1.58. The standard InChI is InChI=1S/C84H68N8O2S3/c1-4-5-10-33-74(93)77-51-89-83(97-77)68-44-62(82-87-49-75(95-82)55-25-15-8-16-26-55)43-66-67-45-63(46-69(79(67)94-78(66)68)84-88-50-76(96-84)56-27-17-9-18-28-56)92-70-38-35-52(57-29-19-31-60(40-57)80-85-47-72(90(80)2)53-21-11-6-12-22-53)34-37-64(70)65-42-59(36-39-71(65)92)58-30-20-32-61(41-58)81-86-48-73(91(81)3)54-23-13-7-14-24-54/h4-15,17-25,27-39,41-46,48-52,60,64,70,72,74,93H,16,26,40,47H2,1-3H3/b5-4-,33-10-. The molecule has 2 aliphatic heterocycles. The van der Waals surface area contributed by atoms with Crippen molar-refractivity contribution in [2.45, 2.75) is 50.3 Å². The second-order valence-electron chi connectivity index (χ2n) is 25.5. The van der Waals surface area contributed by atoms with Gasteiger partial charge in [0.2, 0.25) is 0 Å². The molecule has 0 fully saturated rings. The van der Waals surface area contributed by atoms with Crippen molar-refractivity contribution >= 4 is 78.7 Å². The number of amidine groups is 1. The Labute approximate surface area is 576 Å². The zero-order valence-electron chi connectivity index (χ0n) is 53.9. The van der Waals surface area contributed by atoms with Crippen LogP contribution in [0.5, 0.6) is 0 Å². The summed E-state index contributed by atoms with van der Waals surface area (Å²) >= 11 is 4.86. The molecule has 12 aromatic rings. The maximum absolute atomic E-state index is 11.5. The van der Waals surface area contributed by atoms with Crippen LogP contribution in [-0.4, -0.2) is 60.0 Å². The zero-order chi connectivity index (χ0) is 65.1. The molecule has 3 aliphatic carbocycles. The van der Waals surface area contributed by atoms with E-state index >= 15 is 0 Å². The molecular formula is C84H68N8O2S3. The number of aliphatic hydroxyl groups excluding tert-OH is 1. The SMILES string of the molecule is C/C=C\C=C/C(O)c1cnc(-c2cc(-c3ncc(C4=CC=CCC4)s3)cc3c2oc2c(-c4ncc(-c5ccccc5)s4)cc(N4c5ccc(-c6cccc(-c7ncc(-c8ccccc8)n7C)c6)cc5C5C=CC(C6=CC=CC(C7=NCC(c8ccccc8)N7C)C6)C=CC54)cc23)s1. The van der Waals surface area contributed by atoms with E-state index in [0.717, 1.165) is 145 Å². The van der Waals surface area contributed by atoms with Gasteiger partial charge in [-0.15, -0.1) is 34.0 Å². The van der Waals surface area contributed by atoms with Gasteiger partial charge in [-0.2, -0.15) is 0 Å². The number of furan rings is 1. The third-order valence-corrected chi connectivity index (χ3v) is 22.9. The molecule has 17 rings (SSSR count). The number of aromatic nitrogens is 5. The van der Waals surface area contributed by atoms with Crippen molar-refractivity contribution in [3.63, 3.8) is 0 Å². The van der Waals surface area contributed by atoms with Gasteiger partial charge in [0.05, 0.1) is 56.3 Å². The Balaban J connectivity index is 0.825. The number of aliphatic imine (C=N–C) groups is 1. The Hall–Kier alpha value is -10.4. The third-order valence-electron chi connectivity index (χ3n) is 19.6. The van der Waals surface area contributed by atoms with Crippen LogP contribution in [0, 0.1) is 11.8 Å². The zero-order valence-corrected chi connectivity index (χ0v) is 56.3. The molecule has 7 aromatic carbocycles. The van der Waals surface area contributed by atoms with Gasteiger partial charge in [-0.25, -0.2) is 19.9 Å². The molecule has 0 spiro atoms. The highest BCUT2D eigenvalue weighted by atomic mass is 32.1. The maximum atomic E-state index is 11.5. The molecule has 97 heavy (non-hydrogen) atoms. The van der Waals surface area contributed by atoms with E-state index in [0.29, 0.717) is 5.58 Å². The molecule has 0 saturated heterocycles. The number of hydrogen-bond acceptors (Lipinski definition) is 12. The van der Waals surface area contributed by atoms with E-state index in [-0.39, 0.29) is 29.8 Å². The fraction of sp³-hybridized carbons (Fsp3) is 0.155. The van der Waals surface area contributed by atoms with Crippen molar-refractivity contribution in [1.82, 2.24) is 29.4 Å². The molecule has 6 unspecified atom stereocenters. The number of fused-ring (bicyclic) bond motifs is 6. The van der Waals surface area contributed by atoms with E-state index < -0.39 is 6.10 Å². The first-order valence-corrected chi connectivity index (χ1v) is 35.7. The Morgan fingerprint density at radius 2 is 1.33 bits per heavy atom. The minimum absolute atomic E-state index is 0.0194. The maximum Gasteiger partial charge on any atom is 0.145 e. The van der Waals surface area contributed by atoms with Crippen LogP contribution >= 0.6 is 34.0 Å². The Morgan fingerprint density at radius 1 is 0.608 bits per heavy atom. The van der Waals surface area contributed by atoms with Crippen LogP contribution in [0.2, 0.25) is 0 Å². The van der Waals surface area contributed by atoms with Crippen molar-refractivity contribution < 1.29 is 9.52 Å². The van der Waals surface area contributed by atoms with Gasteiger partial charge in [0, 0.05) is 83.7 Å². The van der Waals surface area contributed by atoms with Crippen LogP contribution in [0.4, 0.5) is 11.4 Å². The van der Waals surface area contributed by atoms with Crippen LogP contribution in [0.3, 0.4) is 0 Å². The highest BCUT2D eigenvalue weighted by Crippen LogP contribution is 2.53. The number of thiazole rings is 3. The van der Waals surface area contributed by atoms with Crippen LogP contribution in [0.25, 0.3) is 103 Å². The molecular weight excluding hydrogens is 1250 g/mol. The summed E-state index contributed by atoms with van der Waals surface area (Å²) in [6.45, 7) is 2.72. The number of anilines is 2. The van der Waals surface area contributed by atoms with E-state index in [1.54, 1.807) is 34.9 Å². The largest absolute Gasteiger partial charge is 0.455 e. The summed E-state index contributed by atoms with van der Waals surface area (Å²) in [6, 6.07) is 56.9. The average molecular weight is 1320 g/mol. The van der Waals surface area contributed by atoms with Gasteiger partial charge in [0.15, 0.2) is 0 Å². The molecule has 0 amide bonds. The molecule has 7 heterocycles. The number of nitrogens with zero attached hydrogens (tertiary/aromatic N) is 8. The van der Waals surface area contributed by atoms with E-state index in [2.05, 4.69) is 247 Å². The number of likely N-dealkylation sites (N-methyl/N-ethyl adjacent to an activating group) is 1. The fourth-order valence-corrected chi connectivity index (χ4v) is 17.5. The molecule has 474 valence electrons. The minimum Gasteiger partial charge on any atom is -0.455 e. The lowest BCUT2D eigenvalue weighted by Crippen LogP contribution is -2.32. The van der Waals surface area contributed by atoms with Crippen LogP contribution < -0.4 is 4.90 Å². The lowest BCUT2D eigenvalue weighted by molar-refractivity contribution is 0.232. The fourth-order valence-electron chi connectivity index (χ4n) is 14.7. The molecule has 13 heteroatoms. The topological polar surface area (TPSA) is 109 Å². The monoisotopic (exact) mass is 1320 g/mol. The van der Waals surface area contributed by atoms with E-state index in [4.69, 9.17) is 29.3 Å². The van der Waals surface area contributed by atoms with Gasteiger partial charge in [-0.05, 0) is 108 Å². The highest BCUT2D eigenvalue weighted by Gasteiger charge is 2.40. The minimum atomic E-state index is -0.832. The van der Waals surface area contributed by atoms with Gasteiger partial charge in [0.1, 0.15) is 44.0 Å². The van der Waals surface area contributed by atoms with E-state index in [1.165, 1.54) is 33.6 Å². The summed E-state index contributed by atoms with van der Waals surface area (Å²) in [5, 5.41) is 15.9. The number of benzene rings is 7. The Morgan fingerprint density at radius 3 is 2.15 bits per heavy atom. The first-order chi connectivity index (χ1) is 47.8. The third kappa shape index (κ3) is 11.2. The summed E-state index contributed by atoms with van der Waals surface area (Å²) in [5.41, 5.74) is 18.1. The summed E-state index contributed by atoms with van der Waals surface area (Å²) in [5.74, 6) is 2.27. The predicted octanol–water partition coefficient (Wildman–Crippen LogP) is 21.2. The number of imidazole rings is 1. The number of rotatable bonds is 15. The van der Waals surface area contributed by atoms with Gasteiger partial charge in [-0.1, -0.05) is 206 Å². The van der Waals surface area contributed by atoms with Crippen molar-refractivity contribution in [3.8, 4) is 75.9 Å². The van der Waals surface area contributed by atoms with Crippen molar-refractivity contribution in [3.05, 3.63) is 294 Å². The lowest BCUT2D eigenvalue weighted by Gasteiger charge is -2.29. The molecule has 0 radical (unpaired) electrons. The molecule has 5 aliphatic rings. The smallest absolute Gasteiger partial charge is 0.145 e. The Bertz CT molecular complexity index is 5300. The number of hydrogen-bond donors (Lipinski definition) is 1. The Kier molecular flexibility index (Phi) is 15.9. The van der Waals surface area contributed by atoms with Gasteiger partial charge < -0.3 is 23.9 Å². The molecule has 5 aromatic heterocycles. The summed E-state index contributed by atoms with van der Waals surface area (Å²) < 4.78 is 9.63. The van der Waals surface area contributed by atoms with Gasteiger partial charge in [0.25, 0.3) is 0 Å². The highest BCUT2D eigenvalue weighted by molar-refractivity contribution is 7.18. The van der Waals surface area contributed by atoms with E-state index in [9.17, 15) is 5.11 Å². The van der Waals surface area contributed by atoms with Crippen molar-refractivity contribution in [1.29, 1.82) is 0 Å². The molecule has 1 N–H and O–H groups in total. The quantitative estimate of drug-likeness (QED) is 0.0799. The van der Waals surface area contributed by atoms with Gasteiger partial charge in [-0.3, -0.25) is 4.99 Å². The lowest BCUT2D eigenvalue weighted by atomic mass is 9.85. The number of allylic oxidation sites excluding steroid dienone is 12. The van der Waals surface area contributed by atoms with Crippen molar-refractivity contribution in [2.75, 3.05) is 18.5 Å². The van der Waals surface area contributed by atoms with Crippen LogP contribution in [-0.2, 0) is 7.05 Å². The van der Waals surface area contributed by atoms with Crippen LogP contribution in [0.15, 0.2) is 283 Å². The van der Waals surface area contributed by atoms with Crippen LogP contribution in [0.1, 0.15) is 65.1 Å². The summed E-state index contributed by atoms with van der Waals surface area (Å²) in [7, 11) is 4.31. The molecule has 6 atom stereocenters.